The van der Waals surface area contributed by atoms with Crippen molar-refractivity contribution in [3.63, 3.8) is 0 Å². The average Bonchev–Trinajstić information content (AvgIpc) is 2.34. The third-order valence-electron chi connectivity index (χ3n) is 3.23. The molecule has 0 amide bonds. The van der Waals surface area contributed by atoms with E-state index in [0.717, 1.165) is 18.0 Å². The molecule has 0 radical (unpaired) electrons. The largest absolute Gasteiger partial charge is 0.325 e. The van der Waals surface area contributed by atoms with Gasteiger partial charge >= 0.3 is 0 Å². The lowest BCUT2D eigenvalue weighted by Crippen LogP contribution is -2.09. The van der Waals surface area contributed by atoms with Crippen LogP contribution in [0, 0.1) is 5.92 Å². The van der Waals surface area contributed by atoms with Gasteiger partial charge in [-0.3, -0.25) is 4.98 Å². The molecule has 1 aromatic heterocycles. The fourth-order valence-corrected chi connectivity index (χ4v) is 2.10. The van der Waals surface area contributed by atoms with E-state index >= 15 is 0 Å². The summed E-state index contributed by atoms with van der Waals surface area (Å²) >= 11 is 0. The van der Waals surface area contributed by atoms with E-state index in [2.05, 4.69) is 24.9 Å². The molecule has 0 saturated heterocycles. The van der Waals surface area contributed by atoms with E-state index in [1.807, 2.05) is 12.3 Å². The van der Waals surface area contributed by atoms with Crippen LogP contribution in [-0.2, 0) is 13.0 Å². The molecular formula is C14H24N2. The van der Waals surface area contributed by atoms with Crippen molar-refractivity contribution in [2.75, 3.05) is 0 Å². The molecule has 0 aliphatic heterocycles. The van der Waals surface area contributed by atoms with Crippen LogP contribution in [0.25, 0.3) is 0 Å². The van der Waals surface area contributed by atoms with Gasteiger partial charge in [0.05, 0.1) is 5.69 Å². The Balaban J connectivity index is 2.62. The zero-order valence-electron chi connectivity index (χ0n) is 10.6. The first-order chi connectivity index (χ1) is 7.81. The SMILES string of the molecule is CCCCC(CC)Cc1cccnc1CN. The van der Waals surface area contributed by atoms with Crippen molar-refractivity contribution in [2.24, 2.45) is 11.7 Å². The van der Waals surface area contributed by atoms with Crippen LogP contribution in [0.2, 0.25) is 0 Å². The van der Waals surface area contributed by atoms with Crippen molar-refractivity contribution in [3.8, 4) is 0 Å². The van der Waals surface area contributed by atoms with Crippen LogP contribution in [0.1, 0.15) is 50.8 Å². The highest BCUT2D eigenvalue weighted by Crippen LogP contribution is 2.19. The van der Waals surface area contributed by atoms with Gasteiger partial charge in [0.15, 0.2) is 0 Å². The van der Waals surface area contributed by atoms with E-state index in [-0.39, 0.29) is 0 Å². The molecule has 1 unspecified atom stereocenters. The first-order valence-electron chi connectivity index (χ1n) is 6.44. The van der Waals surface area contributed by atoms with Crippen LogP contribution in [0.5, 0.6) is 0 Å². The third-order valence-corrected chi connectivity index (χ3v) is 3.23. The molecule has 1 aromatic rings. The van der Waals surface area contributed by atoms with Gasteiger partial charge in [0, 0.05) is 12.7 Å². The van der Waals surface area contributed by atoms with Crippen molar-refractivity contribution in [1.82, 2.24) is 4.98 Å². The van der Waals surface area contributed by atoms with Crippen LogP contribution in [0.15, 0.2) is 18.3 Å². The Morgan fingerprint density at radius 1 is 1.38 bits per heavy atom. The Kier molecular flexibility index (Phi) is 6.09. The molecule has 1 heterocycles. The van der Waals surface area contributed by atoms with E-state index in [1.54, 1.807) is 0 Å². The van der Waals surface area contributed by atoms with Gasteiger partial charge in [-0.2, -0.15) is 0 Å². The van der Waals surface area contributed by atoms with Crippen molar-refractivity contribution in [2.45, 2.75) is 52.5 Å². The Morgan fingerprint density at radius 2 is 2.19 bits per heavy atom. The van der Waals surface area contributed by atoms with Gasteiger partial charge in [-0.05, 0) is 24.0 Å². The van der Waals surface area contributed by atoms with E-state index < -0.39 is 0 Å². The Bertz CT molecular complexity index is 297. The van der Waals surface area contributed by atoms with Crippen LogP contribution < -0.4 is 5.73 Å². The average molecular weight is 220 g/mol. The molecule has 0 spiro atoms. The molecule has 2 N–H and O–H groups in total. The summed E-state index contributed by atoms with van der Waals surface area (Å²) in [5.74, 6) is 0.787. The van der Waals surface area contributed by atoms with Gasteiger partial charge in [-0.1, -0.05) is 45.6 Å². The lowest BCUT2D eigenvalue weighted by Gasteiger charge is -2.15. The number of unbranched alkanes of at least 4 members (excludes halogenated alkanes) is 1. The number of nitrogens with two attached hydrogens (primary N) is 1. The minimum Gasteiger partial charge on any atom is -0.325 e. The lowest BCUT2D eigenvalue weighted by atomic mass is 9.91. The monoisotopic (exact) mass is 220 g/mol. The molecule has 1 atom stereocenters. The summed E-state index contributed by atoms with van der Waals surface area (Å²) in [6.45, 7) is 5.08. The molecule has 90 valence electrons. The second-order valence-corrected chi connectivity index (χ2v) is 4.43. The first-order valence-corrected chi connectivity index (χ1v) is 6.44. The molecule has 1 rings (SSSR count). The number of hydrogen-bond acceptors (Lipinski definition) is 2. The molecule has 0 aliphatic carbocycles. The Labute approximate surface area is 99.3 Å². The predicted molar refractivity (Wildman–Crippen MR) is 69.1 cm³/mol. The standard InChI is InChI=1S/C14H24N2/c1-3-5-7-12(4-2)10-13-8-6-9-16-14(13)11-15/h6,8-9,12H,3-5,7,10-11,15H2,1-2H3. The maximum atomic E-state index is 5.71. The van der Waals surface area contributed by atoms with E-state index in [4.69, 9.17) is 5.73 Å². The van der Waals surface area contributed by atoms with Crippen LogP contribution in [0.4, 0.5) is 0 Å². The second-order valence-electron chi connectivity index (χ2n) is 4.43. The van der Waals surface area contributed by atoms with E-state index in [0.29, 0.717) is 6.54 Å². The lowest BCUT2D eigenvalue weighted by molar-refractivity contribution is 0.447. The summed E-state index contributed by atoms with van der Waals surface area (Å²) < 4.78 is 0. The maximum absolute atomic E-state index is 5.71. The van der Waals surface area contributed by atoms with Crippen molar-refractivity contribution >= 4 is 0 Å². The molecule has 0 saturated carbocycles. The van der Waals surface area contributed by atoms with Gasteiger partial charge in [-0.25, -0.2) is 0 Å². The summed E-state index contributed by atoms with van der Waals surface area (Å²) in [7, 11) is 0. The number of aromatic nitrogens is 1. The summed E-state index contributed by atoms with van der Waals surface area (Å²) in [5.41, 5.74) is 8.11. The number of rotatable bonds is 7. The summed E-state index contributed by atoms with van der Waals surface area (Å²) in [6, 6.07) is 4.19. The van der Waals surface area contributed by atoms with Gasteiger partial charge in [0.25, 0.3) is 0 Å². The Morgan fingerprint density at radius 3 is 2.81 bits per heavy atom. The summed E-state index contributed by atoms with van der Waals surface area (Å²) in [5, 5.41) is 0. The van der Waals surface area contributed by atoms with Gasteiger partial charge in [-0.15, -0.1) is 0 Å². The first kappa shape index (κ1) is 13.2. The van der Waals surface area contributed by atoms with E-state index in [9.17, 15) is 0 Å². The van der Waals surface area contributed by atoms with Crippen LogP contribution in [-0.4, -0.2) is 4.98 Å². The topological polar surface area (TPSA) is 38.9 Å². The van der Waals surface area contributed by atoms with E-state index in [1.165, 1.54) is 31.2 Å². The highest BCUT2D eigenvalue weighted by molar-refractivity contribution is 5.20. The highest BCUT2D eigenvalue weighted by Gasteiger charge is 2.09. The number of nitrogens with zero attached hydrogens (tertiary/aromatic N) is 1. The zero-order chi connectivity index (χ0) is 11.8. The second kappa shape index (κ2) is 7.39. The van der Waals surface area contributed by atoms with Crippen LogP contribution >= 0.6 is 0 Å². The summed E-state index contributed by atoms with van der Waals surface area (Å²) in [4.78, 5) is 4.34. The minimum absolute atomic E-state index is 0.556. The molecule has 0 aromatic carbocycles. The fourth-order valence-electron chi connectivity index (χ4n) is 2.10. The third kappa shape index (κ3) is 3.93. The quantitative estimate of drug-likeness (QED) is 0.765. The fraction of sp³-hybridized carbons (Fsp3) is 0.643. The maximum Gasteiger partial charge on any atom is 0.0571 e. The molecular weight excluding hydrogens is 196 g/mol. The molecule has 0 fully saturated rings. The Hall–Kier alpha value is -0.890. The molecule has 16 heavy (non-hydrogen) atoms. The molecule has 2 heteroatoms. The predicted octanol–water partition coefficient (Wildman–Crippen LogP) is 3.30. The normalized spacial score (nSPS) is 12.7. The molecule has 2 nitrogen and oxygen atoms in total. The zero-order valence-corrected chi connectivity index (χ0v) is 10.6. The smallest absolute Gasteiger partial charge is 0.0571 e. The molecule has 0 bridgehead atoms. The van der Waals surface area contributed by atoms with Crippen LogP contribution in [0.3, 0.4) is 0 Å². The minimum atomic E-state index is 0.556. The number of pyridine rings is 1. The van der Waals surface area contributed by atoms with Crippen molar-refractivity contribution < 1.29 is 0 Å². The van der Waals surface area contributed by atoms with Crippen molar-refractivity contribution in [1.29, 1.82) is 0 Å². The highest BCUT2D eigenvalue weighted by atomic mass is 14.7. The summed E-state index contributed by atoms with van der Waals surface area (Å²) in [6.07, 6.45) is 8.16. The van der Waals surface area contributed by atoms with Gasteiger partial charge in [0.2, 0.25) is 0 Å². The number of hydrogen-bond donors (Lipinski definition) is 1. The van der Waals surface area contributed by atoms with Crippen molar-refractivity contribution in [3.05, 3.63) is 29.6 Å². The van der Waals surface area contributed by atoms with Gasteiger partial charge < -0.3 is 5.73 Å². The molecule has 0 aliphatic rings. The van der Waals surface area contributed by atoms with Gasteiger partial charge in [0.1, 0.15) is 0 Å².